The van der Waals surface area contributed by atoms with Crippen molar-refractivity contribution < 1.29 is 24.3 Å². The Hall–Kier alpha value is -2.21. The lowest BCUT2D eigenvalue weighted by Gasteiger charge is -2.44. The number of halogens is 2. The van der Waals surface area contributed by atoms with E-state index in [4.69, 9.17) is 17.0 Å². The molecule has 1 heterocycles. The highest BCUT2D eigenvalue weighted by atomic mass is 127. The summed E-state index contributed by atoms with van der Waals surface area (Å²) in [5, 5.41) is 22.8. The molecule has 0 aromatic heterocycles. The Morgan fingerprint density at radius 3 is 2.44 bits per heavy atom. The minimum Gasteiger partial charge on any atom is -0.481 e. The molecule has 36 heavy (non-hydrogen) atoms. The Morgan fingerprint density at radius 1 is 1.28 bits per heavy atom. The third-order valence-electron chi connectivity index (χ3n) is 7.46. The fourth-order valence-electron chi connectivity index (χ4n) is 4.48. The molecule has 2 unspecified atom stereocenters. The third-order valence-corrected chi connectivity index (χ3v) is 8.65. The van der Waals surface area contributed by atoms with Gasteiger partial charge in [0.1, 0.15) is 11.6 Å². The van der Waals surface area contributed by atoms with E-state index >= 15 is 0 Å². The fourth-order valence-corrected chi connectivity index (χ4v) is 5.25. The average molecular weight is 631 g/mol. The van der Waals surface area contributed by atoms with E-state index in [2.05, 4.69) is 33.2 Å². The van der Waals surface area contributed by atoms with E-state index in [1.165, 1.54) is 4.90 Å². The zero-order valence-corrected chi connectivity index (χ0v) is 23.7. The van der Waals surface area contributed by atoms with E-state index < -0.39 is 52.1 Å². The van der Waals surface area contributed by atoms with Crippen LogP contribution in [0.15, 0.2) is 18.2 Å². The molecular formula is C25H32ClIN4O5. The van der Waals surface area contributed by atoms with E-state index in [0.717, 1.165) is 16.2 Å². The molecule has 1 aliphatic heterocycles. The van der Waals surface area contributed by atoms with Crippen LogP contribution in [-0.2, 0) is 18.8 Å². The molecule has 0 radical (unpaired) electrons. The molecule has 1 aromatic carbocycles. The van der Waals surface area contributed by atoms with E-state index in [9.17, 15) is 24.3 Å². The number of amides is 3. The summed E-state index contributed by atoms with van der Waals surface area (Å²) < 4.78 is 0.739. The van der Waals surface area contributed by atoms with Gasteiger partial charge in [0.2, 0.25) is 11.8 Å². The number of carboxylic acid groups (broad SMARTS) is 1. The number of hydrogen-bond acceptors (Lipinski definition) is 5. The largest absolute Gasteiger partial charge is 0.481 e. The Labute approximate surface area is 229 Å². The van der Waals surface area contributed by atoms with Crippen LogP contribution < -0.4 is 10.6 Å². The summed E-state index contributed by atoms with van der Waals surface area (Å²) in [4.78, 5) is 53.2. The zero-order chi connectivity index (χ0) is 27.1. The number of carbonyl (C=O) groups excluding carboxylic acids is 3. The maximum atomic E-state index is 14.0. The Balaban J connectivity index is 1.84. The van der Waals surface area contributed by atoms with Gasteiger partial charge < -0.3 is 26.0 Å². The minimum atomic E-state index is -1.37. The first kappa shape index (κ1) is 28.4. The molecular weight excluding hydrogens is 599 g/mol. The van der Waals surface area contributed by atoms with Crippen LogP contribution in [0.4, 0.5) is 0 Å². The summed E-state index contributed by atoms with van der Waals surface area (Å²) in [5.41, 5.74) is -2.09. The molecule has 3 amide bonds. The van der Waals surface area contributed by atoms with E-state index in [0.29, 0.717) is 19.4 Å². The van der Waals surface area contributed by atoms with Crippen LogP contribution in [0, 0.1) is 16.7 Å². The smallest absolute Gasteiger partial charge is 0.309 e. The van der Waals surface area contributed by atoms with E-state index in [1.54, 1.807) is 19.1 Å². The van der Waals surface area contributed by atoms with Crippen molar-refractivity contribution in [2.24, 2.45) is 11.3 Å². The molecule has 0 bridgehead atoms. The average Bonchev–Trinajstić information content (AvgIpc) is 3.31. The zero-order valence-electron chi connectivity index (χ0n) is 20.8. The molecule has 196 valence electrons. The molecule has 0 spiro atoms. The van der Waals surface area contributed by atoms with Crippen LogP contribution in [0.3, 0.4) is 0 Å². The number of carboxylic acids is 1. The van der Waals surface area contributed by atoms with Crippen molar-refractivity contribution >= 4 is 64.1 Å². The van der Waals surface area contributed by atoms with Crippen LogP contribution in [-0.4, -0.2) is 63.6 Å². The van der Waals surface area contributed by atoms with Crippen LogP contribution in [0.25, 0.3) is 0 Å². The molecule has 2 fully saturated rings. The standard InChI is InChI=1S/C25H32ClIN4O5/c1-23(2,3)24(4,29-19(32)15-8-7-14(12-27)10-17(15)26)22(36)31-9-5-6-18(31)20(33)30-25(13-28)11-16(25)21(34)35/h7-8,10,13,16,18,28H,5-6,9,11-12H2,1-4H3,(H,29,32)(H,30,33)(H,34,35)/t16?,18-,24+,25?/m0/s1. The molecule has 4 N–H and O–H groups in total. The highest BCUT2D eigenvalue weighted by Gasteiger charge is 2.60. The SMILES string of the molecule is CC(C)(C)[C@](C)(NC(=O)c1ccc(CI)cc1Cl)C(=O)N1CCC[C@H]1C(=O)NC1(C=N)CC1C(=O)O. The van der Waals surface area contributed by atoms with Gasteiger partial charge >= 0.3 is 5.97 Å². The van der Waals surface area contributed by atoms with Crippen molar-refractivity contribution in [2.75, 3.05) is 6.54 Å². The van der Waals surface area contributed by atoms with Crippen molar-refractivity contribution in [1.29, 1.82) is 5.41 Å². The van der Waals surface area contributed by atoms with Gasteiger partial charge in [-0.15, -0.1) is 0 Å². The minimum absolute atomic E-state index is 0.144. The van der Waals surface area contributed by atoms with Gasteiger partial charge in [-0.2, -0.15) is 0 Å². The highest BCUT2D eigenvalue weighted by molar-refractivity contribution is 14.1. The summed E-state index contributed by atoms with van der Waals surface area (Å²) in [5.74, 6) is -3.32. The Kier molecular flexibility index (Phi) is 8.10. The summed E-state index contributed by atoms with van der Waals surface area (Å²) >= 11 is 8.56. The van der Waals surface area contributed by atoms with Crippen LogP contribution in [0.5, 0.6) is 0 Å². The van der Waals surface area contributed by atoms with Gasteiger partial charge in [-0.05, 0) is 49.3 Å². The second-order valence-electron chi connectivity index (χ2n) is 10.7. The molecule has 1 aliphatic carbocycles. The fraction of sp³-hybridized carbons (Fsp3) is 0.560. The lowest BCUT2D eigenvalue weighted by Crippen LogP contribution is -2.66. The van der Waals surface area contributed by atoms with Gasteiger partial charge in [0, 0.05) is 17.2 Å². The molecule has 3 rings (SSSR count). The van der Waals surface area contributed by atoms with Gasteiger partial charge in [-0.3, -0.25) is 19.2 Å². The Bertz CT molecular complexity index is 1110. The predicted molar refractivity (Wildman–Crippen MR) is 145 cm³/mol. The van der Waals surface area contributed by atoms with E-state index in [1.807, 2.05) is 26.8 Å². The molecule has 9 nitrogen and oxygen atoms in total. The second-order valence-corrected chi connectivity index (χ2v) is 11.9. The summed E-state index contributed by atoms with van der Waals surface area (Å²) in [6, 6.07) is 4.35. The molecule has 4 atom stereocenters. The third kappa shape index (κ3) is 5.25. The molecule has 1 aromatic rings. The first-order valence-corrected chi connectivity index (χ1v) is 13.7. The van der Waals surface area contributed by atoms with Gasteiger partial charge in [0.25, 0.3) is 5.91 Å². The van der Waals surface area contributed by atoms with Gasteiger partial charge in [0.05, 0.1) is 22.0 Å². The quantitative estimate of drug-likeness (QED) is 0.198. The first-order valence-electron chi connectivity index (χ1n) is 11.7. The maximum absolute atomic E-state index is 14.0. The molecule has 2 aliphatic rings. The lowest BCUT2D eigenvalue weighted by molar-refractivity contribution is -0.147. The van der Waals surface area contributed by atoms with Gasteiger partial charge in [-0.1, -0.05) is 61.0 Å². The molecule has 1 saturated heterocycles. The maximum Gasteiger partial charge on any atom is 0.309 e. The number of hydrogen-bond donors (Lipinski definition) is 4. The number of likely N-dealkylation sites (tertiary alicyclic amines) is 1. The van der Waals surface area contributed by atoms with Crippen LogP contribution in [0.1, 0.15) is 62.9 Å². The number of aliphatic carboxylic acids is 1. The lowest BCUT2D eigenvalue weighted by atomic mass is 9.73. The Morgan fingerprint density at radius 2 is 1.94 bits per heavy atom. The van der Waals surface area contributed by atoms with Gasteiger partial charge in [-0.25, -0.2) is 0 Å². The van der Waals surface area contributed by atoms with Crippen molar-refractivity contribution in [3.63, 3.8) is 0 Å². The monoisotopic (exact) mass is 630 g/mol. The summed E-state index contributed by atoms with van der Waals surface area (Å²) in [7, 11) is 0. The number of nitrogens with zero attached hydrogens (tertiary/aromatic N) is 1. The predicted octanol–water partition coefficient (Wildman–Crippen LogP) is 3.41. The normalized spacial score (nSPS) is 25.0. The van der Waals surface area contributed by atoms with Crippen LogP contribution >= 0.6 is 34.2 Å². The first-order chi connectivity index (χ1) is 16.7. The summed E-state index contributed by atoms with van der Waals surface area (Å²) in [6.07, 6.45) is 2.09. The number of carbonyl (C=O) groups is 4. The second kappa shape index (κ2) is 10.3. The molecule has 1 saturated carbocycles. The topological polar surface area (TPSA) is 140 Å². The van der Waals surface area contributed by atoms with E-state index in [-0.39, 0.29) is 17.0 Å². The summed E-state index contributed by atoms with van der Waals surface area (Å²) in [6.45, 7) is 7.48. The number of alkyl halides is 1. The van der Waals surface area contributed by atoms with Crippen LogP contribution in [0.2, 0.25) is 5.02 Å². The van der Waals surface area contributed by atoms with Crippen molar-refractivity contribution in [1.82, 2.24) is 15.5 Å². The highest BCUT2D eigenvalue weighted by Crippen LogP contribution is 2.42. The number of nitrogens with one attached hydrogen (secondary N) is 3. The molecule has 11 heteroatoms. The van der Waals surface area contributed by atoms with Crippen molar-refractivity contribution in [3.05, 3.63) is 34.3 Å². The van der Waals surface area contributed by atoms with Crippen molar-refractivity contribution in [3.8, 4) is 0 Å². The van der Waals surface area contributed by atoms with Crippen molar-refractivity contribution in [2.45, 2.75) is 68.5 Å². The number of benzene rings is 1. The number of rotatable bonds is 8. The van der Waals surface area contributed by atoms with Gasteiger partial charge in [0.15, 0.2) is 0 Å².